The molecule has 0 aromatic heterocycles. The van der Waals surface area contributed by atoms with Crippen LogP contribution in [0.2, 0.25) is 0 Å². The Bertz CT molecular complexity index is 544. The molecular weight excluding hydrogens is 458 g/mol. The minimum Gasteiger partial charge on any atom is -0.378 e. The summed E-state index contributed by atoms with van der Waals surface area (Å²) in [6.45, 7) is 1.88. The molecule has 0 radical (unpaired) electrons. The van der Waals surface area contributed by atoms with Crippen molar-refractivity contribution in [3.05, 3.63) is 35.4 Å². The van der Waals surface area contributed by atoms with Crippen molar-refractivity contribution in [1.82, 2.24) is 10.6 Å². The number of halogens is 4. The Hall–Kier alpha value is -1.03. The van der Waals surface area contributed by atoms with Crippen LogP contribution < -0.4 is 10.6 Å². The third-order valence-electron chi connectivity index (χ3n) is 4.23. The van der Waals surface area contributed by atoms with E-state index in [9.17, 15) is 13.2 Å². The molecule has 148 valence electrons. The van der Waals surface area contributed by atoms with Crippen molar-refractivity contribution in [2.24, 2.45) is 4.99 Å². The fraction of sp³-hybridized carbons (Fsp3) is 0.611. The lowest BCUT2D eigenvalue weighted by molar-refractivity contribution is -0.137. The molecule has 1 fully saturated rings. The number of nitrogens with one attached hydrogen (secondary N) is 2. The van der Waals surface area contributed by atoms with E-state index >= 15 is 0 Å². The van der Waals surface area contributed by atoms with Gasteiger partial charge in [0.05, 0.1) is 11.7 Å². The lowest BCUT2D eigenvalue weighted by Gasteiger charge is -2.14. The number of hydrogen-bond acceptors (Lipinski definition) is 2. The second-order valence-electron chi connectivity index (χ2n) is 6.18. The molecule has 1 aliphatic carbocycles. The van der Waals surface area contributed by atoms with Crippen LogP contribution in [0.1, 0.15) is 43.2 Å². The maximum Gasteiger partial charge on any atom is 0.416 e. The molecule has 26 heavy (non-hydrogen) atoms. The third-order valence-corrected chi connectivity index (χ3v) is 4.23. The first-order valence-electron chi connectivity index (χ1n) is 8.71. The first-order chi connectivity index (χ1) is 12.0. The van der Waals surface area contributed by atoms with Crippen molar-refractivity contribution in [1.29, 1.82) is 0 Å². The monoisotopic (exact) mass is 485 g/mol. The van der Waals surface area contributed by atoms with Crippen molar-refractivity contribution in [2.45, 2.75) is 50.9 Å². The van der Waals surface area contributed by atoms with E-state index in [1.807, 2.05) is 0 Å². The van der Waals surface area contributed by atoms with Gasteiger partial charge in [-0.05, 0) is 37.0 Å². The quantitative estimate of drug-likeness (QED) is 0.262. The molecule has 1 aromatic rings. The number of ether oxygens (including phenoxy) is 1. The Kier molecular flexibility index (Phi) is 10.3. The summed E-state index contributed by atoms with van der Waals surface area (Å²) in [5, 5.41) is 6.27. The highest BCUT2D eigenvalue weighted by Crippen LogP contribution is 2.29. The van der Waals surface area contributed by atoms with E-state index in [1.54, 1.807) is 7.05 Å². The van der Waals surface area contributed by atoms with E-state index in [4.69, 9.17) is 4.74 Å². The highest BCUT2D eigenvalue weighted by atomic mass is 127. The van der Waals surface area contributed by atoms with E-state index in [1.165, 1.54) is 37.8 Å². The molecular formula is C18H27F3IN3O. The maximum atomic E-state index is 12.5. The Balaban J connectivity index is 0.00000338. The van der Waals surface area contributed by atoms with Gasteiger partial charge in [-0.3, -0.25) is 4.99 Å². The summed E-state index contributed by atoms with van der Waals surface area (Å²) >= 11 is 0. The molecule has 1 aliphatic rings. The molecule has 2 rings (SSSR count). The predicted octanol–water partition coefficient (Wildman–Crippen LogP) is 4.34. The standard InChI is InChI=1S/C18H26F3N3O.HI/c1-22-17(23-11-4-12-25-16-5-2-3-6-16)24-13-14-7-9-15(10-8-14)18(19,20)21;/h7-10,16H,2-6,11-13H2,1H3,(H2,22,23,24);1H. The smallest absolute Gasteiger partial charge is 0.378 e. The van der Waals surface area contributed by atoms with Gasteiger partial charge in [-0.25, -0.2) is 0 Å². The molecule has 0 unspecified atom stereocenters. The van der Waals surface area contributed by atoms with Gasteiger partial charge in [0.25, 0.3) is 0 Å². The second kappa shape index (κ2) is 11.6. The summed E-state index contributed by atoms with van der Waals surface area (Å²) in [5.74, 6) is 0.626. The van der Waals surface area contributed by atoms with Crippen LogP contribution in [-0.2, 0) is 17.5 Å². The molecule has 8 heteroatoms. The summed E-state index contributed by atoms with van der Waals surface area (Å²) in [4.78, 5) is 4.11. The zero-order valence-corrected chi connectivity index (χ0v) is 17.3. The molecule has 1 saturated carbocycles. The zero-order chi connectivity index (χ0) is 18.1. The molecule has 0 saturated heterocycles. The van der Waals surface area contributed by atoms with Crippen LogP contribution in [0.4, 0.5) is 13.2 Å². The van der Waals surface area contributed by atoms with E-state index in [-0.39, 0.29) is 24.0 Å². The van der Waals surface area contributed by atoms with Gasteiger partial charge < -0.3 is 15.4 Å². The van der Waals surface area contributed by atoms with E-state index in [0.29, 0.717) is 18.6 Å². The van der Waals surface area contributed by atoms with Crippen molar-refractivity contribution in [3.8, 4) is 0 Å². The van der Waals surface area contributed by atoms with Crippen LogP contribution in [-0.4, -0.2) is 32.3 Å². The van der Waals surface area contributed by atoms with Crippen LogP contribution in [0.15, 0.2) is 29.3 Å². The fourth-order valence-electron chi connectivity index (χ4n) is 2.80. The number of guanidine groups is 1. The second-order valence-corrected chi connectivity index (χ2v) is 6.18. The molecule has 0 heterocycles. The summed E-state index contributed by atoms with van der Waals surface area (Å²) in [5.41, 5.74) is 0.126. The number of aliphatic imine (C=N–C) groups is 1. The van der Waals surface area contributed by atoms with Gasteiger partial charge in [-0.1, -0.05) is 25.0 Å². The molecule has 0 bridgehead atoms. The van der Waals surface area contributed by atoms with Gasteiger partial charge in [0, 0.05) is 26.7 Å². The molecule has 0 spiro atoms. The third kappa shape index (κ3) is 8.11. The van der Waals surface area contributed by atoms with Crippen LogP contribution in [0.25, 0.3) is 0 Å². The molecule has 0 atom stereocenters. The summed E-state index contributed by atoms with van der Waals surface area (Å²) in [6, 6.07) is 5.12. The average molecular weight is 485 g/mol. The van der Waals surface area contributed by atoms with Gasteiger partial charge in [-0.2, -0.15) is 13.2 Å². The SMILES string of the molecule is CN=C(NCCCOC1CCCC1)NCc1ccc(C(F)(F)F)cc1.I. The molecule has 4 nitrogen and oxygen atoms in total. The number of hydrogen-bond donors (Lipinski definition) is 2. The first-order valence-corrected chi connectivity index (χ1v) is 8.71. The minimum absolute atomic E-state index is 0. The van der Waals surface area contributed by atoms with Crippen molar-refractivity contribution >= 4 is 29.9 Å². The topological polar surface area (TPSA) is 45.7 Å². The van der Waals surface area contributed by atoms with Gasteiger partial charge in [-0.15, -0.1) is 24.0 Å². The van der Waals surface area contributed by atoms with Crippen molar-refractivity contribution < 1.29 is 17.9 Å². The number of alkyl halides is 3. The van der Waals surface area contributed by atoms with Crippen molar-refractivity contribution in [3.63, 3.8) is 0 Å². The average Bonchev–Trinajstić information content (AvgIpc) is 3.10. The lowest BCUT2D eigenvalue weighted by Crippen LogP contribution is -2.37. The van der Waals surface area contributed by atoms with Gasteiger partial charge in [0.2, 0.25) is 0 Å². The number of rotatable bonds is 7. The molecule has 0 amide bonds. The zero-order valence-electron chi connectivity index (χ0n) is 14.9. The Morgan fingerprint density at radius 3 is 2.38 bits per heavy atom. The maximum absolute atomic E-state index is 12.5. The Morgan fingerprint density at radius 2 is 1.81 bits per heavy atom. The van der Waals surface area contributed by atoms with Crippen molar-refractivity contribution in [2.75, 3.05) is 20.2 Å². The molecule has 2 N–H and O–H groups in total. The van der Waals surface area contributed by atoms with Crippen LogP contribution in [0.3, 0.4) is 0 Å². The largest absolute Gasteiger partial charge is 0.416 e. The van der Waals surface area contributed by atoms with Crippen LogP contribution in [0, 0.1) is 0 Å². The lowest BCUT2D eigenvalue weighted by atomic mass is 10.1. The van der Waals surface area contributed by atoms with E-state index in [2.05, 4.69) is 15.6 Å². The number of benzene rings is 1. The molecule has 0 aliphatic heterocycles. The summed E-state index contributed by atoms with van der Waals surface area (Å²) in [7, 11) is 1.66. The normalized spacial score (nSPS) is 15.6. The van der Waals surface area contributed by atoms with Gasteiger partial charge >= 0.3 is 6.18 Å². The summed E-state index contributed by atoms with van der Waals surface area (Å²) < 4.78 is 43.4. The van der Waals surface area contributed by atoms with Gasteiger partial charge in [0.15, 0.2) is 5.96 Å². The van der Waals surface area contributed by atoms with Crippen LogP contribution >= 0.6 is 24.0 Å². The highest BCUT2D eigenvalue weighted by molar-refractivity contribution is 14.0. The van der Waals surface area contributed by atoms with E-state index in [0.717, 1.165) is 37.3 Å². The Labute approximate surface area is 170 Å². The first kappa shape index (κ1) is 23.0. The van der Waals surface area contributed by atoms with Crippen LogP contribution in [0.5, 0.6) is 0 Å². The minimum atomic E-state index is -4.30. The van der Waals surface area contributed by atoms with Gasteiger partial charge in [0.1, 0.15) is 0 Å². The predicted molar refractivity (Wildman–Crippen MR) is 108 cm³/mol. The fourth-order valence-corrected chi connectivity index (χ4v) is 2.80. The summed E-state index contributed by atoms with van der Waals surface area (Å²) in [6.07, 6.45) is 1.89. The van der Waals surface area contributed by atoms with E-state index < -0.39 is 11.7 Å². The highest BCUT2D eigenvalue weighted by Gasteiger charge is 2.29. The Morgan fingerprint density at radius 1 is 1.15 bits per heavy atom. The number of nitrogens with zero attached hydrogens (tertiary/aromatic N) is 1. The molecule has 1 aromatic carbocycles.